The highest BCUT2D eigenvalue weighted by molar-refractivity contribution is 7.92. The molecule has 1 rings (SSSR count). The van der Waals surface area contributed by atoms with Crippen LogP contribution in [-0.4, -0.2) is 33.7 Å². The van der Waals surface area contributed by atoms with Gasteiger partial charge in [-0.05, 0) is 12.1 Å². The minimum atomic E-state index is -3.80. The van der Waals surface area contributed by atoms with E-state index in [9.17, 15) is 22.0 Å². The first-order valence-electron chi connectivity index (χ1n) is 6.06. The van der Waals surface area contributed by atoms with Crippen molar-refractivity contribution in [3.8, 4) is 0 Å². The molecular weight excluding hydrogens is 302 g/mol. The molecule has 0 aromatic heterocycles. The van der Waals surface area contributed by atoms with E-state index in [0.29, 0.717) is 6.07 Å². The van der Waals surface area contributed by atoms with E-state index < -0.39 is 27.6 Å². The van der Waals surface area contributed by atoms with Crippen molar-refractivity contribution in [1.82, 2.24) is 5.32 Å². The zero-order valence-electron chi connectivity index (χ0n) is 11.5. The smallest absolute Gasteiger partial charge is 0.232 e. The lowest BCUT2D eigenvalue weighted by Gasteiger charge is -2.22. The molecule has 0 heterocycles. The summed E-state index contributed by atoms with van der Waals surface area (Å²) in [5, 5.41) is 2.48. The second kappa shape index (κ2) is 7.16. The molecule has 1 aromatic rings. The summed E-state index contributed by atoms with van der Waals surface area (Å²) in [5.74, 6) is -2.22. The number of hydrogen-bond acceptors (Lipinski definition) is 3. The molecule has 0 unspecified atom stereocenters. The Kier molecular flexibility index (Phi) is 5.83. The number of rotatable bonds is 7. The first-order chi connectivity index (χ1) is 9.75. The summed E-state index contributed by atoms with van der Waals surface area (Å²) in [6.45, 7) is 3.44. The molecule has 1 aromatic carbocycles. The van der Waals surface area contributed by atoms with Crippen molar-refractivity contribution in [2.24, 2.45) is 0 Å². The Morgan fingerprint density at radius 3 is 2.62 bits per heavy atom. The number of nitrogens with zero attached hydrogens (tertiary/aromatic N) is 1. The van der Waals surface area contributed by atoms with Crippen molar-refractivity contribution in [2.75, 3.05) is 23.7 Å². The molecule has 0 radical (unpaired) electrons. The van der Waals surface area contributed by atoms with Crippen molar-refractivity contribution in [2.45, 2.75) is 6.42 Å². The molecule has 0 bridgehead atoms. The SMILES string of the molecule is C=CCNC(=O)CCN(c1ccc(F)cc1F)S(C)(=O)=O. The summed E-state index contributed by atoms with van der Waals surface area (Å²) >= 11 is 0. The van der Waals surface area contributed by atoms with E-state index in [0.717, 1.165) is 22.7 Å². The van der Waals surface area contributed by atoms with Gasteiger partial charge in [-0.15, -0.1) is 6.58 Å². The van der Waals surface area contributed by atoms with Gasteiger partial charge in [0, 0.05) is 25.6 Å². The van der Waals surface area contributed by atoms with Gasteiger partial charge < -0.3 is 5.32 Å². The summed E-state index contributed by atoms with van der Waals surface area (Å²) in [5.41, 5.74) is -0.296. The predicted molar refractivity (Wildman–Crippen MR) is 76.4 cm³/mol. The van der Waals surface area contributed by atoms with E-state index in [1.807, 2.05) is 0 Å². The third-order valence-corrected chi connectivity index (χ3v) is 3.74. The molecule has 116 valence electrons. The fourth-order valence-electron chi connectivity index (χ4n) is 1.63. The van der Waals surface area contributed by atoms with Crippen LogP contribution >= 0.6 is 0 Å². The summed E-state index contributed by atoms with van der Waals surface area (Å²) in [6, 6.07) is 2.56. The predicted octanol–water partition coefficient (Wildman–Crippen LogP) is 1.42. The van der Waals surface area contributed by atoms with Gasteiger partial charge in [-0.1, -0.05) is 6.08 Å². The van der Waals surface area contributed by atoms with Crippen LogP contribution in [0.1, 0.15) is 6.42 Å². The summed E-state index contributed by atoms with van der Waals surface area (Å²) < 4.78 is 50.7. The number of amides is 1. The Morgan fingerprint density at radius 1 is 1.43 bits per heavy atom. The number of anilines is 1. The number of nitrogens with one attached hydrogen (secondary N) is 1. The van der Waals surface area contributed by atoms with Gasteiger partial charge in [-0.25, -0.2) is 17.2 Å². The topological polar surface area (TPSA) is 66.5 Å². The molecule has 8 heteroatoms. The molecular formula is C13H16F2N2O3S. The minimum Gasteiger partial charge on any atom is -0.353 e. The maximum absolute atomic E-state index is 13.7. The Balaban J connectivity index is 2.92. The lowest BCUT2D eigenvalue weighted by Crippen LogP contribution is -2.35. The van der Waals surface area contributed by atoms with Crippen molar-refractivity contribution in [1.29, 1.82) is 0 Å². The summed E-state index contributed by atoms with van der Waals surface area (Å²) in [6.07, 6.45) is 2.21. The van der Waals surface area contributed by atoms with Crippen LogP contribution < -0.4 is 9.62 Å². The first-order valence-corrected chi connectivity index (χ1v) is 7.91. The molecule has 0 atom stereocenters. The van der Waals surface area contributed by atoms with Gasteiger partial charge in [0.25, 0.3) is 0 Å². The van der Waals surface area contributed by atoms with Crippen LogP contribution in [0.3, 0.4) is 0 Å². The second-order valence-electron chi connectivity index (χ2n) is 4.27. The van der Waals surface area contributed by atoms with Gasteiger partial charge >= 0.3 is 0 Å². The normalized spacial score (nSPS) is 11.0. The quantitative estimate of drug-likeness (QED) is 0.773. The molecule has 1 amide bonds. The molecule has 0 aliphatic rings. The molecule has 21 heavy (non-hydrogen) atoms. The van der Waals surface area contributed by atoms with Crippen LogP contribution in [0.25, 0.3) is 0 Å². The number of sulfonamides is 1. The fourth-order valence-corrected chi connectivity index (χ4v) is 2.55. The highest BCUT2D eigenvalue weighted by Gasteiger charge is 2.21. The van der Waals surface area contributed by atoms with Crippen molar-refractivity contribution in [3.63, 3.8) is 0 Å². The average Bonchev–Trinajstić information content (AvgIpc) is 2.37. The molecule has 0 fully saturated rings. The third-order valence-electron chi connectivity index (χ3n) is 2.56. The van der Waals surface area contributed by atoms with E-state index in [4.69, 9.17) is 0 Å². The van der Waals surface area contributed by atoms with Gasteiger partial charge in [0.05, 0.1) is 11.9 Å². The van der Waals surface area contributed by atoms with Crippen molar-refractivity contribution in [3.05, 3.63) is 42.5 Å². The molecule has 0 saturated heterocycles. The molecule has 0 aliphatic heterocycles. The van der Waals surface area contributed by atoms with Crippen molar-refractivity contribution >= 4 is 21.6 Å². The van der Waals surface area contributed by atoms with Crippen LogP contribution in [0.5, 0.6) is 0 Å². The molecule has 0 aliphatic carbocycles. The van der Waals surface area contributed by atoms with E-state index in [2.05, 4.69) is 11.9 Å². The lowest BCUT2D eigenvalue weighted by molar-refractivity contribution is -0.120. The van der Waals surface area contributed by atoms with Crippen LogP contribution in [0.15, 0.2) is 30.9 Å². The first kappa shape index (κ1) is 17.1. The fraction of sp³-hybridized carbons (Fsp3) is 0.308. The number of hydrogen-bond donors (Lipinski definition) is 1. The Labute approximate surface area is 122 Å². The maximum atomic E-state index is 13.7. The second-order valence-corrected chi connectivity index (χ2v) is 6.18. The highest BCUT2D eigenvalue weighted by atomic mass is 32.2. The van der Waals surface area contributed by atoms with Crippen LogP contribution in [0.4, 0.5) is 14.5 Å². The summed E-state index contributed by atoms with van der Waals surface area (Å²) in [7, 11) is -3.80. The Morgan fingerprint density at radius 2 is 2.10 bits per heavy atom. The number of carbonyl (C=O) groups excluding carboxylic acids is 1. The third kappa shape index (κ3) is 5.14. The number of carbonyl (C=O) groups is 1. The Hall–Kier alpha value is -1.96. The van der Waals surface area contributed by atoms with Gasteiger partial charge in [0.2, 0.25) is 15.9 Å². The highest BCUT2D eigenvalue weighted by Crippen LogP contribution is 2.22. The molecule has 1 N–H and O–H groups in total. The summed E-state index contributed by atoms with van der Waals surface area (Å²) in [4.78, 5) is 11.5. The van der Waals surface area contributed by atoms with Crippen molar-refractivity contribution < 1.29 is 22.0 Å². The molecule has 0 spiro atoms. The van der Waals surface area contributed by atoms with Gasteiger partial charge in [-0.3, -0.25) is 9.10 Å². The largest absolute Gasteiger partial charge is 0.353 e. The minimum absolute atomic E-state index is 0.155. The number of halogens is 2. The van der Waals surface area contributed by atoms with E-state index in [1.54, 1.807) is 0 Å². The van der Waals surface area contributed by atoms with Crippen LogP contribution in [0.2, 0.25) is 0 Å². The average molecular weight is 318 g/mol. The van der Waals surface area contributed by atoms with Crippen LogP contribution in [-0.2, 0) is 14.8 Å². The molecule has 0 saturated carbocycles. The van der Waals surface area contributed by atoms with E-state index >= 15 is 0 Å². The van der Waals surface area contributed by atoms with Gasteiger partial charge in [-0.2, -0.15) is 0 Å². The monoisotopic (exact) mass is 318 g/mol. The standard InChI is InChI=1S/C13H16F2N2O3S/c1-3-7-16-13(18)6-8-17(21(2,19)20)12-5-4-10(14)9-11(12)15/h3-5,9H,1,6-8H2,2H3,(H,16,18). The van der Waals surface area contributed by atoms with E-state index in [1.165, 1.54) is 6.08 Å². The van der Waals surface area contributed by atoms with E-state index in [-0.39, 0.29) is 25.2 Å². The maximum Gasteiger partial charge on any atom is 0.232 e. The lowest BCUT2D eigenvalue weighted by atomic mass is 10.3. The zero-order chi connectivity index (χ0) is 16.0. The molecule has 5 nitrogen and oxygen atoms in total. The van der Waals surface area contributed by atoms with Gasteiger partial charge in [0.15, 0.2) is 0 Å². The zero-order valence-corrected chi connectivity index (χ0v) is 12.3. The van der Waals surface area contributed by atoms with Crippen LogP contribution in [0, 0.1) is 11.6 Å². The Bertz CT molecular complexity index is 632. The van der Waals surface area contributed by atoms with Gasteiger partial charge in [0.1, 0.15) is 11.6 Å². The number of benzene rings is 1.